The third-order valence-electron chi connectivity index (χ3n) is 3.76. The number of pyridine rings is 1. The van der Waals surface area contributed by atoms with Crippen LogP contribution in [0.4, 0.5) is 5.69 Å². The van der Waals surface area contributed by atoms with Crippen LogP contribution in [0.2, 0.25) is 0 Å². The number of anilines is 1. The number of carbonyl (C=O) groups excluding carboxylic acids is 1. The second-order valence-corrected chi connectivity index (χ2v) is 5.34. The fourth-order valence-electron chi connectivity index (χ4n) is 2.68. The summed E-state index contributed by atoms with van der Waals surface area (Å²) in [6, 6.07) is 11.2. The molecule has 0 atom stereocenters. The fourth-order valence-corrected chi connectivity index (χ4v) is 2.68. The second kappa shape index (κ2) is 5.61. The zero-order valence-electron chi connectivity index (χ0n) is 12.3. The summed E-state index contributed by atoms with van der Waals surface area (Å²) in [6.45, 7) is 0.486. The van der Waals surface area contributed by atoms with Crippen molar-refractivity contribution in [3.63, 3.8) is 0 Å². The second-order valence-electron chi connectivity index (χ2n) is 5.34. The van der Waals surface area contributed by atoms with Crippen molar-refractivity contribution in [3.8, 4) is 16.9 Å². The van der Waals surface area contributed by atoms with Gasteiger partial charge < -0.3 is 14.5 Å². The summed E-state index contributed by atoms with van der Waals surface area (Å²) in [6.07, 6.45) is 5.35. The number of ether oxygens (including phenoxy) is 1. The quantitative estimate of drug-likeness (QED) is 0.805. The lowest BCUT2D eigenvalue weighted by Gasteiger charge is -2.21. The van der Waals surface area contributed by atoms with Crippen molar-refractivity contribution >= 4 is 11.6 Å². The Bertz CT molecular complexity index is 856. The standard InChI is InChI=1S/C18H14N2O3/c21-18(9-14-2-1-7-22-14)20-13-3-4-16-15-5-6-19-10-12(15)11-23-17(16)8-13/h1-8,10H,9,11H2,(H,20,21). The van der Waals surface area contributed by atoms with E-state index in [2.05, 4.69) is 10.3 Å². The van der Waals surface area contributed by atoms with Crippen LogP contribution in [-0.2, 0) is 17.8 Å². The van der Waals surface area contributed by atoms with Gasteiger partial charge in [-0.15, -0.1) is 0 Å². The van der Waals surface area contributed by atoms with Crippen LogP contribution in [0, 0.1) is 0 Å². The highest BCUT2D eigenvalue weighted by Crippen LogP contribution is 2.38. The molecule has 4 rings (SSSR count). The molecule has 0 saturated carbocycles. The first-order valence-electron chi connectivity index (χ1n) is 7.32. The van der Waals surface area contributed by atoms with E-state index in [0.717, 1.165) is 22.4 Å². The highest BCUT2D eigenvalue weighted by molar-refractivity contribution is 5.93. The van der Waals surface area contributed by atoms with Crippen molar-refractivity contribution in [3.05, 3.63) is 66.4 Å². The monoisotopic (exact) mass is 306 g/mol. The molecule has 0 spiro atoms. The van der Waals surface area contributed by atoms with Crippen LogP contribution in [0.15, 0.2) is 59.5 Å². The summed E-state index contributed by atoms with van der Waals surface area (Å²) in [4.78, 5) is 16.1. The van der Waals surface area contributed by atoms with Gasteiger partial charge in [-0.3, -0.25) is 9.78 Å². The van der Waals surface area contributed by atoms with Crippen LogP contribution in [0.5, 0.6) is 5.75 Å². The first-order chi connectivity index (χ1) is 11.3. The molecule has 1 amide bonds. The van der Waals surface area contributed by atoms with Gasteiger partial charge in [0.25, 0.3) is 0 Å². The molecule has 2 aromatic heterocycles. The summed E-state index contributed by atoms with van der Waals surface area (Å²) in [5.74, 6) is 1.28. The summed E-state index contributed by atoms with van der Waals surface area (Å²) in [5, 5.41) is 2.86. The van der Waals surface area contributed by atoms with Gasteiger partial charge in [-0.1, -0.05) is 0 Å². The Labute approximate surface area is 132 Å². The smallest absolute Gasteiger partial charge is 0.231 e. The number of fused-ring (bicyclic) bond motifs is 3. The molecule has 0 saturated heterocycles. The molecule has 114 valence electrons. The molecular formula is C18H14N2O3. The van der Waals surface area contributed by atoms with Crippen molar-refractivity contribution in [2.24, 2.45) is 0 Å². The predicted molar refractivity (Wildman–Crippen MR) is 85.0 cm³/mol. The van der Waals surface area contributed by atoms with Gasteiger partial charge in [-0.25, -0.2) is 0 Å². The lowest BCUT2D eigenvalue weighted by molar-refractivity contribution is -0.115. The molecule has 0 bridgehead atoms. The minimum atomic E-state index is -0.125. The molecule has 0 fully saturated rings. The zero-order chi connectivity index (χ0) is 15.6. The van der Waals surface area contributed by atoms with E-state index in [1.807, 2.05) is 30.5 Å². The molecular weight excluding hydrogens is 292 g/mol. The van der Waals surface area contributed by atoms with Crippen molar-refractivity contribution < 1.29 is 13.9 Å². The van der Waals surface area contributed by atoms with Crippen LogP contribution in [0.3, 0.4) is 0 Å². The number of aromatic nitrogens is 1. The van der Waals surface area contributed by atoms with Crippen molar-refractivity contribution in [1.29, 1.82) is 0 Å². The first-order valence-corrected chi connectivity index (χ1v) is 7.32. The molecule has 1 aliphatic rings. The maximum absolute atomic E-state index is 12.0. The molecule has 5 heteroatoms. The number of nitrogens with one attached hydrogen (secondary N) is 1. The van der Waals surface area contributed by atoms with Gasteiger partial charge in [-0.2, -0.15) is 0 Å². The summed E-state index contributed by atoms with van der Waals surface area (Å²) in [5.41, 5.74) is 3.90. The SMILES string of the molecule is O=C(Cc1ccco1)Nc1ccc2c(c1)OCc1cnccc1-2. The van der Waals surface area contributed by atoms with Crippen LogP contribution in [-0.4, -0.2) is 10.9 Å². The largest absolute Gasteiger partial charge is 0.488 e. The predicted octanol–water partition coefficient (Wildman–Crippen LogP) is 3.42. The maximum atomic E-state index is 12.0. The van der Waals surface area contributed by atoms with Gasteiger partial charge in [0.15, 0.2) is 0 Å². The minimum absolute atomic E-state index is 0.125. The highest BCUT2D eigenvalue weighted by Gasteiger charge is 2.18. The number of furan rings is 1. The molecule has 1 N–H and O–H groups in total. The van der Waals surface area contributed by atoms with Crippen LogP contribution < -0.4 is 10.1 Å². The van der Waals surface area contributed by atoms with E-state index in [9.17, 15) is 4.79 Å². The number of rotatable bonds is 3. The minimum Gasteiger partial charge on any atom is -0.488 e. The van der Waals surface area contributed by atoms with E-state index in [0.29, 0.717) is 18.1 Å². The number of nitrogens with zero attached hydrogens (tertiary/aromatic N) is 1. The molecule has 0 unspecified atom stereocenters. The molecule has 3 aromatic rings. The van der Waals surface area contributed by atoms with Crippen LogP contribution >= 0.6 is 0 Å². The van der Waals surface area contributed by atoms with E-state index in [1.165, 1.54) is 0 Å². The average Bonchev–Trinajstić information content (AvgIpc) is 3.07. The molecule has 23 heavy (non-hydrogen) atoms. The van der Waals surface area contributed by atoms with E-state index in [-0.39, 0.29) is 12.3 Å². The number of hydrogen-bond donors (Lipinski definition) is 1. The molecule has 1 aliphatic heterocycles. The highest BCUT2D eigenvalue weighted by atomic mass is 16.5. The Hall–Kier alpha value is -3.08. The molecule has 1 aromatic carbocycles. The van der Waals surface area contributed by atoms with E-state index in [4.69, 9.17) is 9.15 Å². The Balaban J connectivity index is 1.55. The normalized spacial score (nSPS) is 12.0. The first kappa shape index (κ1) is 13.6. The fraction of sp³-hybridized carbons (Fsp3) is 0.111. The Morgan fingerprint density at radius 2 is 2.17 bits per heavy atom. The molecule has 3 heterocycles. The third kappa shape index (κ3) is 2.68. The Morgan fingerprint density at radius 1 is 1.22 bits per heavy atom. The number of benzene rings is 1. The Morgan fingerprint density at radius 3 is 3.04 bits per heavy atom. The van der Waals surface area contributed by atoms with Gasteiger partial charge in [0.2, 0.25) is 5.91 Å². The van der Waals surface area contributed by atoms with Crippen LogP contribution in [0.1, 0.15) is 11.3 Å². The summed E-state index contributed by atoms with van der Waals surface area (Å²) in [7, 11) is 0. The third-order valence-corrected chi connectivity index (χ3v) is 3.76. The number of carbonyl (C=O) groups is 1. The van der Waals surface area contributed by atoms with E-state index in [1.54, 1.807) is 24.6 Å². The van der Waals surface area contributed by atoms with Crippen molar-refractivity contribution in [1.82, 2.24) is 4.98 Å². The van der Waals surface area contributed by atoms with Gasteiger partial charge in [0.1, 0.15) is 18.1 Å². The van der Waals surface area contributed by atoms with E-state index >= 15 is 0 Å². The molecule has 0 aliphatic carbocycles. The zero-order valence-corrected chi connectivity index (χ0v) is 12.3. The van der Waals surface area contributed by atoms with Crippen molar-refractivity contribution in [2.45, 2.75) is 13.0 Å². The maximum Gasteiger partial charge on any atom is 0.231 e. The average molecular weight is 306 g/mol. The Kier molecular flexibility index (Phi) is 3.31. The summed E-state index contributed by atoms with van der Waals surface area (Å²) < 4.78 is 10.9. The van der Waals surface area contributed by atoms with Crippen molar-refractivity contribution in [2.75, 3.05) is 5.32 Å². The summed E-state index contributed by atoms with van der Waals surface area (Å²) >= 11 is 0. The van der Waals surface area contributed by atoms with Crippen LogP contribution in [0.25, 0.3) is 11.1 Å². The van der Waals surface area contributed by atoms with Gasteiger partial charge in [0.05, 0.1) is 12.7 Å². The van der Waals surface area contributed by atoms with Gasteiger partial charge in [-0.05, 0) is 35.9 Å². The van der Waals surface area contributed by atoms with E-state index < -0.39 is 0 Å². The lowest BCUT2D eigenvalue weighted by atomic mass is 9.98. The number of amides is 1. The molecule has 5 nitrogen and oxygen atoms in total. The topological polar surface area (TPSA) is 64.4 Å². The number of hydrogen-bond acceptors (Lipinski definition) is 4. The lowest BCUT2D eigenvalue weighted by Crippen LogP contribution is -2.14. The molecule has 0 radical (unpaired) electrons. The van der Waals surface area contributed by atoms with Gasteiger partial charge in [0, 0.05) is 35.3 Å². The van der Waals surface area contributed by atoms with Gasteiger partial charge >= 0.3 is 0 Å².